The highest BCUT2D eigenvalue weighted by Gasteiger charge is 2.07. The first-order chi connectivity index (χ1) is 13.2. The van der Waals surface area contributed by atoms with Crippen LogP contribution >= 0.6 is 0 Å². The van der Waals surface area contributed by atoms with Crippen LogP contribution in [0.2, 0.25) is 0 Å². The SMILES string of the molecule is CCOC(=O)/C=C/c1ccc(NCc2nc(Cc3ccccc3)no2)cc1. The Morgan fingerprint density at radius 2 is 1.93 bits per heavy atom. The van der Waals surface area contributed by atoms with Gasteiger partial charge in [-0.2, -0.15) is 4.98 Å². The second-order valence-electron chi connectivity index (χ2n) is 5.83. The quantitative estimate of drug-likeness (QED) is 0.484. The fourth-order valence-electron chi connectivity index (χ4n) is 2.46. The van der Waals surface area contributed by atoms with Crippen molar-refractivity contribution in [1.29, 1.82) is 0 Å². The van der Waals surface area contributed by atoms with E-state index in [1.54, 1.807) is 13.0 Å². The van der Waals surface area contributed by atoms with E-state index in [0.717, 1.165) is 16.8 Å². The minimum absolute atomic E-state index is 0.345. The molecule has 0 radical (unpaired) electrons. The van der Waals surface area contributed by atoms with Crippen LogP contribution in [0.25, 0.3) is 6.08 Å². The van der Waals surface area contributed by atoms with Crippen molar-refractivity contribution in [1.82, 2.24) is 10.1 Å². The summed E-state index contributed by atoms with van der Waals surface area (Å²) in [5, 5.41) is 7.25. The van der Waals surface area contributed by atoms with Crippen molar-refractivity contribution in [2.24, 2.45) is 0 Å². The van der Waals surface area contributed by atoms with Gasteiger partial charge in [-0.25, -0.2) is 4.79 Å². The van der Waals surface area contributed by atoms with E-state index in [1.165, 1.54) is 6.08 Å². The van der Waals surface area contributed by atoms with Crippen LogP contribution in [0.1, 0.15) is 29.8 Å². The van der Waals surface area contributed by atoms with Gasteiger partial charge in [-0.1, -0.05) is 47.6 Å². The average Bonchev–Trinajstić information content (AvgIpc) is 3.14. The van der Waals surface area contributed by atoms with Crippen LogP contribution in [0.4, 0.5) is 5.69 Å². The maximum Gasteiger partial charge on any atom is 0.330 e. The number of hydrogen-bond acceptors (Lipinski definition) is 6. The van der Waals surface area contributed by atoms with Crippen molar-refractivity contribution in [2.75, 3.05) is 11.9 Å². The highest BCUT2D eigenvalue weighted by molar-refractivity contribution is 5.87. The molecule has 1 heterocycles. The molecule has 1 N–H and O–H groups in total. The van der Waals surface area contributed by atoms with Gasteiger partial charge in [-0.3, -0.25) is 0 Å². The van der Waals surface area contributed by atoms with Gasteiger partial charge in [-0.05, 0) is 36.3 Å². The number of esters is 1. The van der Waals surface area contributed by atoms with Gasteiger partial charge in [0, 0.05) is 18.2 Å². The lowest BCUT2D eigenvalue weighted by molar-refractivity contribution is -0.137. The van der Waals surface area contributed by atoms with Crippen molar-refractivity contribution in [3.63, 3.8) is 0 Å². The molecule has 0 saturated heterocycles. The number of aromatic nitrogens is 2. The first-order valence-corrected chi connectivity index (χ1v) is 8.77. The summed E-state index contributed by atoms with van der Waals surface area (Å²) in [4.78, 5) is 15.7. The summed E-state index contributed by atoms with van der Waals surface area (Å²) in [5.74, 6) is 0.854. The molecule has 0 aliphatic heterocycles. The Morgan fingerprint density at radius 3 is 2.67 bits per heavy atom. The van der Waals surface area contributed by atoms with Gasteiger partial charge in [0.1, 0.15) is 0 Å². The first kappa shape index (κ1) is 18.4. The van der Waals surface area contributed by atoms with E-state index >= 15 is 0 Å². The highest BCUT2D eigenvalue weighted by Crippen LogP contribution is 2.13. The Kier molecular flexibility index (Phi) is 6.35. The Bertz CT molecular complexity index is 887. The smallest absolute Gasteiger partial charge is 0.330 e. The summed E-state index contributed by atoms with van der Waals surface area (Å²) < 4.78 is 10.1. The molecule has 0 atom stereocenters. The van der Waals surface area contributed by atoms with Crippen LogP contribution in [0, 0.1) is 0 Å². The molecule has 0 aliphatic rings. The number of carbonyl (C=O) groups is 1. The summed E-state index contributed by atoms with van der Waals surface area (Å²) >= 11 is 0. The predicted molar refractivity (Wildman–Crippen MR) is 103 cm³/mol. The van der Waals surface area contributed by atoms with Crippen molar-refractivity contribution >= 4 is 17.7 Å². The van der Waals surface area contributed by atoms with E-state index in [9.17, 15) is 4.79 Å². The lowest BCUT2D eigenvalue weighted by atomic mass is 10.1. The third-order valence-electron chi connectivity index (χ3n) is 3.77. The third kappa shape index (κ3) is 5.81. The monoisotopic (exact) mass is 363 g/mol. The number of carbonyl (C=O) groups excluding carboxylic acids is 1. The summed E-state index contributed by atoms with van der Waals surface area (Å²) in [6.07, 6.45) is 3.78. The molecule has 27 heavy (non-hydrogen) atoms. The van der Waals surface area contributed by atoms with Crippen molar-refractivity contribution < 1.29 is 14.1 Å². The van der Waals surface area contributed by atoms with E-state index in [2.05, 4.69) is 15.5 Å². The Morgan fingerprint density at radius 1 is 1.15 bits per heavy atom. The Hall–Kier alpha value is -3.41. The zero-order valence-corrected chi connectivity index (χ0v) is 15.1. The molecule has 0 spiro atoms. The fourth-order valence-corrected chi connectivity index (χ4v) is 2.46. The van der Waals surface area contributed by atoms with Gasteiger partial charge in [0.25, 0.3) is 0 Å². The molecule has 0 unspecified atom stereocenters. The summed E-state index contributed by atoms with van der Waals surface area (Å²) in [5.41, 5.74) is 2.98. The third-order valence-corrected chi connectivity index (χ3v) is 3.77. The molecule has 6 heteroatoms. The fraction of sp³-hybridized carbons (Fsp3) is 0.190. The summed E-state index contributed by atoms with van der Waals surface area (Å²) in [6.45, 7) is 2.59. The lowest BCUT2D eigenvalue weighted by Crippen LogP contribution is -2.00. The van der Waals surface area contributed by atoms with Gasteiger partial charge in [-0.15, -0.1) is 0 Å². The molecule has 0 saturated carbocycles. The predicted octanol–water partition coefficient (Wildman–Crippen LogP) is 3.85. The maximum absolute atomic E-state index is 11.3. The van der Waals surface area contributed by atoms with Gasteiger partial charge in [0.15, 0.2) is 5.82 Å². The zero-order chi connectivity index (χ0) is 18.9. The van der Waals surface area contributed by atoms with Crippen LogP contribution in [0.15, 0.2) is 65.2 Å². The lowest BCUT2D eigenvalue weighted by Gasteiger charge is -2.03. The van der Waals surface area contributed by atoms with Gasteiger partial charge < -0.3 is 14.6 Å². The Labute approximate surface area is 157 Å². The molecule has 0 fully saturated rings. The number of ether oxygens (including phenoxy) is 1. The molecule has 3 rings (SSSR count). The second kappa shape index (κ2) is 9.33. The van der Waals surface area contributed by atoms with E-state index < -0.39 is 0 Å². The molecule has 2 aromatic carbocycles. The topological polar surface area (TPSA) is 77.2 Å². The number of nitrogens with one attached hydrogen (secondary N) is 1. The first-order valence-electron chi connectivity index (χ1n) is 8.77. The Balaban J connectivity index is 1.51. The molecule has 0 bridgehead atoms. The molecule has 6 nitrogen and oxygen atoms in total. The van der Waals surface area contributed by atoms with E-state index in [4.69, 9.17) is 9.26 Å². The minimum atomic E-state index is -0.345. The molecular formula is C21H21N3O3. The summed E-state index contributed by atoms with van der Waals surface area (Å²) in [6, 6.07) is 17.7. The van der Waals surface area contributed by atoms with Crippen LogP contribution in [0.3, 0.4) is 0 Å². The van der Waals surface area contributed by atoms with Crippen LogP contribution in [-0.4, -0.2) is 22.7 Å². The standard InChI is InChI=1S/C21H21N3O3/c1-2-26-21(25)13-10-16-8-11-18(12-9-16)22-15-20-23-19(24-27-20)14-17-6-4-3-5-7-17/h3-13,22H,2,14-15H2,1H3/b13-10+. The zero-order valence-electron chi connectivity index (χ0n) is 15.1. The minimum Gasteiger partial charge on any atom is -0.463 e. The maximum atomic E-state index is 11.3. The van der Waals surface area contributed by atoms with Crippen LogP contribution < -0.4 is 5.32 Å². The largest absolute Gasteiger partial charge is 0.463 e. The van der Waals surface area contributed by atoms with Gasteiger partial charge in [0.2, 0.25) is 5.89 Å². The van der Waals surface area contributed by atoms with E-state index in [0.29, 0.717) is 31.3 Å². The van der Waals surface area contributed by atoms with Crippen molar-refractivity contribution in [2.45, 2.75) is 19.9 Å². The van der Waals surface area contributed by atoms with Gasteiger partial charge in [0.05, 0.1) is 13.2 Å². The number of nitrogens with zero attached hydrogens (tertiary/aromatic N) is 2. The summed E-state index contributed by atoms with van der Waals surface area (Å²) in [7, 11) is 0. The molecule has 1 aromatic heterocycles. The van der Waals surface area contributed by atoms with Crippen LogP contribution in [0.5, 0.6) is 0 Å². The number of anilines is 1. The second-order valence-corrected chi connectivity index (χ2v) is 5.83. The van der Waals surface area contributed by atoms with Crippen molar-refractivity contribution in [3.05, 3.63) is 83.5 Å². The van der Waals surface area contributed by atoms with Gasteiger partial charge >= 0.3 is 5.97 Å². The molecule has 138 valence electrons. The molecule has 3 aromatic rings. The molecule has 0 amide bonds. The number of hydrogen-bond donors (Lipinski definition) is 1. The number of benzene rings is 2. The van der Waals surface area contributed by atoms with E-state index in [1.807, 2.05) is 54.6 Å². The average molecular weight is 363 g/mol. The highest BCUT2D eigenvalue weighted by atomic mass is 16.5. The van der Waals surface area contributed by atoms with Crippen LogP contribution in [-0.2, 0) is 22.5 Å². The molecular weight excluding hydrogens is 342 g/mol. The molecule has 0 aliphatic carbocycles. The van der Waals surface area contributed by atoms with Crippen molar-refractivity contribution in [3.8, 4) is 0 Å². The number of rotatable bonds is 8. The normalized spacial score (nSPS) is 10.9. The van der Waals surface area contributed by atoms with E-state index in [-0.39, 0.29) is 5.97 Å².